The molecule has 1 aliphatic rings. The Hall–Kier alpha value is -3.04. The first-order chi connectivity index (χ1) is 15.0. The van der Waals surface area contributed by atoms with Crippen LogP contribution in [-0.4, -0.2) is 53.3 Å². The second-order valence-electron chi connectivity index (χ2n) is 7.05. The maximum Gasteiger partial charge on any atom is 0.266 e. The first kappa shape index (κ1) is 22.6. The van der Waals surface area contributed by atoms with Crippen LogP contribution in [0.3, 0.4) is 0 Å². The number of carbonyl (C=O) groups is 3. The molecule has 164 valence electrons. The van der Waals surface area contributed by atoms with Gasteiger partial charge in [-0.25, -0.2) is 5.48 Å². The molecule has 31 heavy (non-hydrogen) atoms. The smallest absolute Gasteiger partial charge is 0.266 e. The summed E-state index contributed by atoms with van der Waals surface area (Å²) in [5.74, 6) is -0.594. The number of hydroxylamine groups is 1. The average molecular weight is 444 g/mol. The Balaban J connectivity index is 1.99. The van der Waals surface area contributed by atoms with Crippen LogP contribution in [0.1, 0.15) is 22.9 Å². The van der Waals surface area contributed by atoms with E-state index in [2.05, 4.69) is 5.32 Å². The second-order valence-corrected chi connectivity index (χ2v) is 8.34. The fourth-order valence-electron chi connectivity index (χ4n) is 3.52. The van der Waals surface area contributed by atoms with E-state index in [1.54, 1.807) is 24.7 Å². The Labute approximate surface area is 184 Å². The minimum Gasteiger partial charge on any atom is -0.497 e. The maximum atomic E-state index is 13.4. The van der Waals surface area contributed by atoms with Crippen molar-refractivity contribution in [2.75, 3.05) is 14.2 Å². The largest absolute Gasteiger partial charge is 0.497 e. The lowest BCUT2D eigenvalue weighted by atomic mass is 10.0. The van der Waals surface area contributed by atoms with Gasteiger partial charge in [0.1, 0.15) is 17.2 Å². The highest BCUT2D eigenvalue weighted by Crippen LogP contribution is 2.46. The predicted molar refractivity (Wildman–Crippen MR) is 117 cm³/mol. The van der Waals surface area contributed by atoms with Gasteiger partial charge in [-0.15, -0.1) is 11.8 Å². The lowest BCUT2D eigenvalue weighted by Crippen LogP contribution is -2.50. The third-order valence-electron chi connectivity index (χ3n) is 5.15. The molecule has 1 fully saturated rings. The van der Waals surface area contributed by atoms with Crippen LogP contribution >= 0.6 is 11.8 Å². The van der Waals surface area contributed by atoms with Crippen LogP contribution in [0.4, 0.5) is 0 Å². The van der Waals surface area contributed by atoms with Crippen LogP contribution in [-0.2, 0) is 20.8 Å². The number of ether oxygens (including phenoxy) is 1. The normalized spacial score (nSPS) is 19.1. The number of amides is 3. The van der Waals surface area contributed by atoms with E-state index in [1.165, 1.54) is 23.7 Å². The summed E-state index contributed by atoms with van der Waals surface area (Å²) < 4.78 is 5.21. The standard InChI is InChI=1S/C22H25N3O5S/c1-23-19(26)13-18-21(28)25(22(31-18)15-8-10-16(30-2)11-9-15)17(20(27)24-29)12-14-6-4-3-5-7-14/h3-11,17-18,22,29H,12-13H2,1-2H3,(H,23,26)(H,24,27). The molecular weight excluding hydrogens is 418 g/mol. The molecule has 3 N–H and O–H groups in total. The Morgan fingerprint density at radius 1 is 1.16 bits per heavy atom. The van der Waals surface area contributed by atoms with Gasteiger partial charge in [-0.3, -0.25) is 19.6 Å². The highest BCUT2D eigenvalue weighted by molar-refractivity contribution is 8.01. The van der Waals surface area contributed by atoms with Gasteiger partial charge in [-0.2, -0.15) is 0 Å². The van der Waals surface area contributed by atoms with E-state index in [4.69, 9.17) is 4.74 Å². The van der Waals surface area contributed by atoms with Gasteiger partial charge in [0, 0.05) is 19.9 Å². The number of thioether (sulfide) groups is 1. The molecule has 8 nitrogen and oxygen atoms in total. The van der Waals surface area contributed by atoms with Crippen molar-refractivity contribution in [3.05, 3.63) is 65.7 Å². The number of nitrogens with zero attached hydrogens (tertiary/aromatic N) is 1. The van der Waals surface area contributed by atoms with Gasteiger partial charge >= 0.3 is 0 Å². The van der Waals surface area contributed by atoms with Gasteiger partial charge in [0.15, 0.2) is 0 Å². The summed E-state index contributed by atoms with van der Waals surface area (Å²) in [4.78, 5) is 39.4. The van der Waals surface area contributed by atoms with Gasteiger partial charge in [-0.05, 0) is 23.3 Å². The van der Waals surface area contributed by atoms with Crippen molar-refractivity contribution < 1.29 is 24.3 Å². The molecule has 9 heteroatoms. The fraction of sp³-hybridized carbons (Fsp3) is 0.318. The van der Waals surface area contributed by atoms with E-state index < -0.39 is 22.6 Å². The maximum absolute atomic E-state index is 13.4. The highest BCUT2D eigenvalue weighted by Gasteiger charge is 2.47. The van der Waals surface area contributed by atoms with Crippen molar-refractivity contribution in [1.82, 2.24) is 15.7 Å². The summed E-state index contributed by atoms with van der Waals surface area (Å²) in [6.45, 7) is 0. The Morgan fingerprint density at radius 2 is 1.84 bits per heavy atom. The number of hydrogen-bond acceptors (Lipinski definition) is 6. The number of methoxy groups -OCH3 is 1. The zero-order chi connectivity index (χ0) is 22.4. The van der Waals surface area contributed by atoms with Crippen molar-refractivity contribution in [3.8, 4) is 5.75 Å². The number of rotatable bonds is 8. The van der Waals surface area contributed by atoms with E-state index >= 15 is 0 Å². The summed E-state index contributed by atoms with van der Waals surface area (Å²) in [5, 5.41) is 10.8. The minimum absolute atomic E-state index is 0.00194. The van der Waals surface area contributed by atoms with Crippen molar-refractivity contribution in [3.63, 3.8) is 0 Å². The van der Waals surface area contributed by atoms with E-state index in [-0.39, 0.29) is 24.7 Å². The second kappa shape index (κ2) is 10.3. The van der Waals surface area contributed by atoms with Crippen molar-refractivity contribution in [2.45, 2.75) is 29.5 Å². The van der Waals surface area contributed by atoms with Crippen LogP contribution < -0.4 is 15.5 Å². The zero-order valence-electron chi connectivity index (χ0n) is 17.3. The summed E-state index contributed by atoms with van der Waals surface area (Å²) in [7, 11) is 3.08. The summed E-state index contributed by atoms with van der Waals surface area (Å²) in [6.07, 6.45) is 0.223. The molecule has 1 aliphatic heterocycles. The SMILES string of the molecule is CNC(=O)CC1SC(c2ccc(OC)cc2)N(C(Cc2ccccc2)C(=O)NO)C1=O. The van der Waals surface area contributed by atoms with Crippen molar-refractivity contribution in [2.24, 2.45) is 0 Å². The predicted octanol–water partition coefficient (Wildman–Crippen LogP) is 1.89. The molecule has 0 radical (unpaired) electrons. The van der Waals surface area contributed by atoms with E-state index in [1.807, 2.05) is 42.5 Å². The third kappa shape index (κ3) is 5.18. The van der Waals surface area contributed by atoms with E-state index in [0.717, 1.165) is 11.1 Å². The zero-order valence-corrected chi connectivity index (χ0v) is 18.1. The van der Waals surface area contributed by atoms with Gasteiger partial charge in [0.05, 0.1) is 12.4 Å². The number of hydrogen-bond donors (Lipinski definition) is 3. The van der Waals surface area contributed by atoms with Crippen molar-refractivity contribution in [1.29, 1.82) is 0 Å². The van der Waals surface area contributed by atoms with Crippen molar-refractivity contribution >= 4 is 29.5 Å². The number of nitrogens with one attached hydrogen (secondary N) is 2. The Morgan fingerprint density at radius 3 is 2.42 bits per heavy atom. The number of benzene rings is 2. The molecular formula is C22H25N3O5S. The quantitative estimate of drug-likeness (QED) is 0.425. The monoisotopic (exact) mass is 443 g/mol. The molecule has 0 aliphatic carbocycles. The molecule has 2 aromatic carbocycles. The first-order valence-corrected chi connectivity index (χ1v) is 10.7. The number of carbonyl (C=O) groups excluding carboxylic acids is 3. The Bertz CT molecular complexity index is 923. The fourth-order valence-corrected chi connectivity index (χ4v) is 5.01. The molecule has 0 bridgehead atoms. The molecule has 0 spiro atoms. The lowest BCUT2D eigenvalue weighted by Gasteiger charge is -2.31. The Kier molecular flexibility index (Phi) is 7.54. The molecule has 3 unspecified atom stereocenters. The highest BCUT2D eigenvalue weighted by atomic mass is 32.2. The van der Waals surface area contributed by atoms with E-state index in [9.17, 15) is 19.6 Å². The molecule has 2 aromatic rings. The molecule has 1 saturated heterocycles. The summed E-state index contributed by atoms with van der Waals surface area (Å²) in [5.41, 5.74) is 3.34. The van der Waals surface area contributed by atoms with Crippen LogP contribution in [0.15, 0.2) is 54.6 Å². The molecule has 0 aromatic heterocycles. The first-order valence-electron chi connectivity index (χ1n) is 9.78. The lowest BCUT2D eigenvalue weighted by molar-refractivity contribution is -0.144. The van der Waals surface area contributed by atoms with Crippen LogP contribution in [0.25, 0.3) is 0 Å². The van der Waals surface area contributed by atoms with E-state index in [0.29, 0.717) is 5.75 Å². The van der Waals surface area contributed by atoms with Crippen LogP contribution in [0.2, 0.25) is 0 Å². The summed E-state index contributed by atoms with van der Waals surface area (Å²) in [6, 6.07) is 15.5. The van der Waals surface area contributed by atoms with Gasteiger partial charge in [0.2, 0.25) is 11.8 Å². The molecule has 1 heterocycles. The van der Waals surface area contributed by atoms with Crippen LogP contribution in [0, 0.1) is 0 Å². The van der Waals surface area contributed by atoms with Gasteiger partial charge in [-0.1, -0.05) is 42.5 Å². The average Bonchev–Trinajstić information content (AvgIpc) is 3.13. The molecule has 3 amide bonds. The molecule has 0 saturated carbocycles. The van der Waals surface area contributed by atoms with Gasteiger partial charge in [0.25, 0.3) is 5.91 Å². The third-order valence-corrected chi connectivity index (χ3v) is 6.60. The molecule has 3 rings (SSSR count). The topological polar surface area (TPSA) is 108 Å². The molecule has 3 atom stereocenters. The van der Waals surface area contributed by atoms with Gasteiger partial charge < -0.3 is 15.0 Å². The van der Waals surface area contributed by atoms with Crippen LogP contribution in [0.5, 0.6) is 5.75 Å². The minimum atomic E-state index is -0.950. The summed E-state index contributed by atoms with van der Waals surface area (Å²) >= 11 is 1.32.